The molecule has 0 spiro atoms. The molecule has 0 saturated heterocycles. The monoisotopic (exact) mass is 337 g/mol. The highest BCUT2D eigenvalue weighted by Crippen LogP contribution is 2.27. The summed E-state index contributed by atoms with van der Waals surface area (Å²) in [6, 6.07) is 12.2. The molecule has 1 atom stereocenters. The zero-order valence-electron chi connectivity index (χ0n) is 11.1. The summed E-state index contributed by atoms with van der Waals surface area (Å²) >= 11 is 9.78. The highest BCUT2D eigenvalue weighted by molar-refractivity contribution is 9.10. The highest BCUT2D eigenvalue weighted by atomic mass is 79.9. The van der Waals surface area contributed by atoms with Gasteiger partial charge >= 0.3 is 0 Å². The summed E-state index contributed by atoms with van der Waals surface area (Å²) in [7, 11) is 0. The molecule has 3 heteroatoms. The maximum Gasteiger partial charge on any atom is 0.0456 e. The SMILES string of the molecule is Cc1cc(Cl)c(C(N)Cc2cccc(Br)c2)cc1C. The van der Waals surface area contributed by atoms with Crippen molar-refractivity contribution in [2.75, 3.05) is 0 Å². The van der Waals surface area contributed by atoms with Gasteiger partial charge in [-0.05, 0) is 60.7 Å². The van der Waals surface area contributed by atoms with Gasteiger partial charge in [0.05, 0.1) is 0 Å². The van der Waals surface area contributed by atoms with Crippen LogP contribution in [0.5, 0.6) is 0 Å². The van der Waals surface area contributed by atoms with Crippen LogP contribution in [0.25, 0.3) is 0 Å². The lowest BCUT2D eigenvalue weighted by Crippen LogP contribution is -2.14. The average Bonchev–Trinajstić information content (AvgIpc) is 2.33. The summed E-state index contributed by atoms with van der Waals surface area (Å²) in [5.41, 5.74) is 10.9. The van der Waals surface area contributed by atoms with Gasteiger partial charge in [0.1, 0.15) is 0 Å². The van der Waals surface area contributed by atoms with Gasteiger partial charge in [0.2, 0.25) is 0 Å². The van der Waals surface area contributed by atoms with Gasteiger partial charge in [0.25, 0.3) is 0 Å². The summed E-state index contributed by atoms with van der Waals surface area (Å²) in [4.78, 5) is 0. The van der Waals surface area contributed by atoms with Gasteiger partial charge in [-0.15, -0.1) is 0 Å². The molecule has 0 bridgehead atoms. The van der Waals surface area contributed by atoms with Crippen LogP contribution in [0.4, 0.5) is 0 Å². The van der Waals surface area contributed by atoms with Gasteiger partial charge in [-0.25, -0.2) is 0 Å². The van der Waals surface area contributed by atoms with E-state index in [1.165, 1.54) is 16.7 Å². The van der Waals surface area contributed by atoms with E-state index >= 15 is 0 Å². The van der Waals surface area contributed by atoms with E-state index in [-0.39, 0.29) is 6.04 Å². The van der Waals surface area contributed by atoms with Crippen molar-refractivity contribution >= 4 is 27.5 Å². The van der Waals surface area contributed by atoms with Crippen molar-refractivity contribution in [1.29, 1.82) is 0 Å². The van der Waals surface area contributed by atoms with Crippen molar-refractivity contribution in [1.82, 2.24) is 0 Å². The fourth-order valence-electron chi connectivity index (χ4n) is 2.12. The Labute approximate surface area is 127 Å². The second-order valence-corrected chi connectivity index (χ2v) is 6.22. The summed E-state index contributed by atoms with van der Waals surface area (Å²) in [6.45, 7) is 4.14. The molecule has 2 rings (SSSR count). The van der Waals surface area contributed by atoms with Crippen molar-refractivity contribution in [3.05, 3.63) is 68.1 Å². The van der Waals surface area contributed by atoms with Gasteiger partial charge in [0.15, 0.2) is 0 Å². The molecule has 1 nitrogen and oxygen atoms in total. The normalized spacial score (nSPS) is 12.5. The number of aryl methyl sites for hydroxylation is 2. The van der Waals surface area contributed by atoms with Crippen LogP contribution in [0.1, 0.15) is 28.3 Å². The van der Waals surface area contributed by atoms with Crippen LogP contribution in [-0.4, -0.2) is 0 Å². The first kappa shape index (κ1) is 14.6. The Balaban J connectivity index is 2.25. The fraction of sp³-hybridized carbons (Fsp3) is 0.250. The van der Waals surface area contributed by atoms with E-state index in [0.29, 0.717) is 0 Å². The first-order chi connectivity index (χ1) is 8.97. The van der Waals surface area contributed by atoms with Gasteiger partial charge < -0.3 is 5.73 Å². The molecule has 2 aromatic carbocycles. The van der Waals surface area contributed by atoms with E-state index in [9.17, 15) is 0 Å². The lowest BCUT2D eigenvalue weighted by molar-refractivity contribution is 0.721. The van der Waals surface area contributed by atoms with Crippen molar-refractivity contribution < 1.29 is 0 Å². The van der Waals surface area contributed by atoms with Crippen molar-refractivity contribution in [2.24, 2.45) is 5.73 Å². The Morgan fingerprint density at radius 2 is 1.84 bits per heavy atom. The third-order valence-electron chi connectivity index (χ3n) is 3.36. The Morgan fingerprint density at radius 1 is 1.16 bits per heavy atom. The first-order valence-corrected chi connectivity index (χ1v) is 7.41. The second-order valence-electron chi connectivity index (χ2n) is 4.90. The molecule has 0 saturated carbocycles. The minimum absolute atomic E-state index is 0.0823. The van der Waals surface area contributed by atoms with Crippen LogP contribution in [0.2, 0.25) is 5.02 Å². The van der Waals surface area contributed by atoms with Gasteiger partial charge in [-0.2, -0.15) is 0 Å². The predicted molar refractivity (Wildman–Crippen MR) is 85.7 cm³/mol. The molecule has 19 heavy (non-hydrogen) atoms. The zero-order chi connectivity index (χ0) is 14.0. The maximum atomic E-state index is 6.30. The van der Waals surface area contributed by atoms with Gasteiger partial charge in [-0.1, -0.05) is 45.7 Å². The molecule has 2 aromatic rings. The highest BCUT2D eigenvalue weighted by Gasteiger charge is 2.12. The lowest BCUT2D eigenvalue weighted by atomic mass is 9.96. The fourth-order valence-corrected chi connectivity index (χ4v) is 2.92. The topological polar surface area (TPSA) is 26.0 Å². The van der Waals surface area contributed by atoms with Crippen LogP contribution in [0.3, 0.4) is 0 Å². The largest absolute Gasteiger partial charge is 0.324 e. The van der Waals surface area contributed by atoms with Crippen LogP contribution in [0, 0.1) is 13.8 Å². The number of benzene rings is 2. The molecule has 1 unspecified atom stereocenters. The number of rotatable bonds is 3. The number of hydrogen-bond acceptors (Lipinski definition) is 1. The standard InChI is InChI=1S/C16H17BrClN/c1-10-6-14(15(18)7-11(10)2)16(19)9-12-4-3-5-13(17)8-12/h3-8,16H,9,19H2,1-2H3. The Hall–Kier alpha value is -0.830. The molecule has 0 aliphatic heterocycles. The smallest absolute Gasteiger partial charge is 0.0456 e. The minimum atomic E-state index is -0.0823. The van der Waals surface area contributed by atoms with Crippen LogP contribution in [-0.2, 0) is 6.42 Å². The zero-order valence-corrected chi connectivity index (χ0v) is 13.4. The summed E-state index contributed by atoms with van der Waals surface area (Å²) in [5, 5.41) is 0.755. The number of halogens is 2. The third kappa shape index (κ3) is 3.59. The molecule has 0 radical (unpaired) electrons. The Morgan fingerprint density at radius 3 is 2.53 bits per heavy atom. The van der Waals surface area contributed by atoms with Crippen LogP contribution >= 0.6 is 27.5 Å². The Bertz CT molecular complexity index is 595. The average molecular weight is 339 g/mol. The molecule has 0 aromatic heterocycles. The predicted octanol–water partition coefficient (Wildman–Crippen LogP) is 4.96. The van der Waals surface area contributed by atoms with Crippen LogP contribution < -0.4 is 5.73 Å². The molecule has 0 amide bonds. The number of nitrogens with two attached hydrogens (primary N) is 1. The molecular formula is C16H17BrClN. The molecule has 0 aliphatic carbocycles. The molecule has 0 aliphatic rings. The summed E-state index contributed by atoms with van der Waals surface area (Å²) < 4.78 is 1.07. The van der Waals surface area contributed by atoms with E-state index < -0.39 is 0 Å². The molecular weight excluding hydrogens is 322 g/mol. The third-order valence-corrected chi connectivity index (χ3v) is 4.18. The summed E-state index contributed by atoms with van der Waals surface area (Å²) in [5.74, 6) is 0. The van der Waals surface area contributed by atoms with E-state index in [0.717, 1.165) is 21.5 Å². The molecule has 100 valence electrons. The lowest BCUT2D eigenvalue weighted by Gasteiger charge is -2.16. The Kier molecular flexibility index (Phi) is 4.67. The maximum absolute atomic E-state index is 6.30. The van der Waals surface area contributed by atoms with Crippen molar-refractivity contribution in [3.63, 3.8) is 0 Å². The van der Waals surface area contributed by atoms with E-state index in [1.807, 2.05) is 18.2 Å². The van der Waals surface area contributed by atoms with Crippen LogP contribution in [0.15, 0.2) is 40.9 Å². The second kappa shape index (κ2) is 6.08. The quantitative estimate of drug-likeness (QED) is 0.841. The van der Waals surface area contributed by atoms with Gasteiger partial charge in [0, 0.05) is 15.5 Å². The van der Waals surface area contributed by atoms with Gasteiger partial charge in [-0.3, -0.25) is 0 Å². The van der Waals surface area contributed by atoms with E-state index in [4.69, 9.17) is 17.3 Å². The van der Waals surface area contributed by atoms with E-state index in [1.54, 1.807) is 0 Å². The van der Waals surface area contributed by atoms with E-state index in [2.05, 4.69) is 48.0 Å². The van der Waals surface area contributed by atoms with Crippen molar-refractivity contribution in [3.8, 4) is 0 Å². The van der Waals surface area contributed by atoms with Crippen molar-refractivity contribution in [2.45, 2.75) is 26.3 Å². The summed E-state index contributed by atoms with van der Waals surface area (Å²) in [6.07, 6.45) is 0.779. The first-order valence-electron chi connectivity index (χ1n) is 6.24. The number of hydrogen-bond donors (Lipinski definition) is 1. The molecule has 0 heterocycles. The minimum Gasteiger partial charge on any atom is -0.324 e. The molecule has 2 N–H and O–H groups in total. The molecule has 0 fully saturated rings.